The second kappa shape index (κ2) is 10.5. The number of hydrogen-bond acceptors (Lipinski definition) is 7. The van der Waals surface area contributed by atoms with Gasteiger partial charge >= 0.3 is 10.2 Å². The Labute approximate surface area is 222 Å². The van der Waals surface area contributed by atoms with Gasteiger partial charge in [-0.15, -0.1) is 23.5 Å². The molecule has 1 N–H and O–H groups in total. The third kappa shape index (κ3) is 5.52. The Hall–Kier alpha value is -1.85. The number of pyridine rings is 1. The highest BCUT2D eigenvalue weighted by atomic mass is 32.2. The van der Waals surface area contributed by atoms with Crippen LogP contribution in [-0.2, 0) is 20.7 Å². The van der Waals surface area contributed by atoms with Gasteiger partial charge in [-0.05, 0) is 47.5 Å². The molecule has 0 spiro atoms. The van der Waals surface area contributed by atoms with Crippen LogP contribution in [0.15, 0.2) is 54.9 Å². The number of aliphatic hydroxyl groups excluding tert-OH is 1. The van der Waals surface area contributed by atoms with Gasteiger partial charge in [0.25, 0.3) is 0 Å². The summed E-state index contributed by atoms with van der Waals surface area (Å²) < 4.78 is 28.1. The van der Waals surface area contributed by atoms with Crippen LogP contribution in [-0.4, -0.2) is 57.4 Å². The van der Waals surface area contributed by atoms with Gasteiger partial charge in [-0.2, -0.15) is 12.7 Å². The van der Waals surface area contributed by atoms with Crippen molar-refractivity contribution in [2.45, 2.75) is 43.8 Å². The number of imidazole rings is 1. The van der Waals surface area contributed by atoms with Crippen molar-refractivity contribution in [2.24, 2.45) is 5.41 Å². The number of nitrogens with zero attached hydrogens (tertiary/aromatic N) is 4. The second-order valence-corrected chi connectivity index (χ2v) is 15.3. The maximum absolute atomic E-state index is 13.3. The zero-order chi connectivity index (χ0) is 26.1. The Kier molecular flexibility index (Phi) is 7.92. The lowest BCUT2D eigenvalue weighted by atomic mass is 9.91. The lowest BCUT2D eigenvalue weighted by molar-refractivity contribution is 0.152. The molecule has 3 aromatic rings. The number of aliphatic hydroxyl groups is 1. The fraction of sp³-hybridized carbons (Fsp3) is 0.462. The zero-order valence-electron chi connectivity index (χ0n) is 21.4. The van der Waals surface area contributed by atoms with E-state index in [0.29, 0.717) is 12.1 Å². The van der Waals surface area contributed by atoms with E-state index < -0.39 is 20.4 Å². The lowest BCUT2D eigenvalue weighted by Crippen LogP contribution is -2.35. The Bertz CT molecular complexity index is 1280. The largest absolute Gasteiger partial charge is 0.382 e. The van der Waals surface area contributed by atoms with Gasteiger partial charge in [0.2, 0.25) is 0 Å². The van der Waals surface area contributed by atoms with Gasteiger partial charge < -0.3 is 5.11 Å². The molecule has 1 aliphatic heterocycles. The quantitative estimate of drug-likeness (QED) is 0.449. The maximum atomic E-state index is 13.3. The molecule has 7 nitrogen and oxygen atoms in total. The fourth-order valence-corrected chi connectivity index (χ4v) is 8.52. The third-order valence-corrected chi connectivity index (χ3v) is 11.1. The molecule has 1 aromatic carbocycles. The summed E-state index contributed by atoms with van der Waals surface area (Å²) >= 11 is 3.31. The normalized spacial score (nSPS) is 17.3. The topological polar surface area (TPSA) is 88.3 Å². The fourth-order valence-electron chi connectivity index (χ4n) is 4.21. The molecule has 1 saturated heterocycles. The van der Waals surface area contributed by atoms with E-state index in [2.05, 4.69) is 25.8 Å². The molecule has 1 unspecified atom stereocenters. The van der Waals surface area contributed by atoms with Gasteiger partial charge in [0.05, 0.1) is 11.4 Å². The van der Waals surface area contributed by atoms with E-state index in [1.165, 1.54) is 18.1 Å². The summed E-state index contributed by atoms with van der Waals surface area (Å²) in [7, 11) is -0.895. The smallest absolute Gasteiger partial charge is 0.308 e. The molecule has 0 aliphatic carbocycles. The molecule has 0 radical (unpaired) electrons. The van der Waals surface area contributed by atoms with Crippen molar-refractivity contribution < 1.29 is 13.5 Å². The van der Waals surface area contributed by atoms with Gasteiger partial charge in [-0.25, -0.2) is 8.96 Å². The zero-order valence-corrected chi connectivity index (χ0v) is 23.8. The minimum absolute atomic E-state index is 0.0867. The van der Waals surface area contributed by atoms with Crippen molar-refractivity contribution in [3.8, 4) is 11.3 Å². The average Bonchev–Trinajstić information content (AvgIpc) is 3.27. The predicted molar refractivity (Wildman–Crippen MR) is 149 cm³/mol. The first kappa shape index (κ1) is 27.2. The molecule has 10 heteroatoms. The van der Waals surface area contributed by atoms with Crippen LogP contribution in [0, 0.1) is 5.41 Å². The van der Waals surface area contributed by atoms with E-state index in [4.69, 9.17) is 4.98 Å². The minimum atomic E-state index is -3.88. The van der Waals surface area contributed by atoms with Crippen LogP contribution < -0.4 is 0 Å². The first-order valence-corrected chi connectivity index (χ1v) is 15.3. The number of rotatable bonds is 7. The van der Waals surface area contributed by atoms with E-state index in [9.17, 15) is 13.5 Å². The summed E-state index contributed by atoms with van der Waals surface area (Å²) in [6, 6.07) is 13.9. The highest BCUT2D eigenvalue weighted by molar-refractivity contribution is 8.18. The van der Waals surface area contributed by atoms with Gasteiger partial charge in [-0.1, -0.05) is 51.1 Å². The molecular formula is C26H34N4O3S3. The van der Waals surface area contributed by atoms with E-state index in [0.717, 1.165) is 39.1 Å². The summed E-state index contributed by atoms with van der Waals surface area (Å²) in [5.41, 5.74) is 3.35. The molecule has 36 heavy (non-hydrogen) atoms. The van der Waals surface area contributed by atoms with Crippen molar-refractivity contribution in [2.75, 3.05) is 25.6 Å². The lowest BCUT2D eigenvalue weighted by Gasteiger charge is -2.40. The van der Waals surface area contributed by atoms with Gasteiger partial charge in [0.1, 0.15) is 10.2 Å². The molecule has 0 saturated carbocycles. The highest BCUT2D eigenvalue weighted by Crippen LogP contribution is 2.57. The molecule has 2 aromatic heterocycles. The Morgan fingerprint density at radius 3 is 2.33 bits per heavy atom. The molecular weight excluding hydrogens is 513 g/mol. The Morgan fingerprint density at radius 1 is 1.11 bits per heavy atom. The van der Waals surface area contributed by atoms with Crippen molar-refractivity contribution in [1.29, 1.82) is 0 Å². The maximum Gasteiger partial charge on any atom is 0.308 e. The molecule has 1 aliphatic rings. The number of aromatic nitrogens is 3. The van der Waals surface area contributed by atoms with Crippen molar-refractivity contribution >= 4 is 33.7 Å². The summed E-state index contributed by atoms with van der Waals surface area (Å²) in [6.45, 7) is 6.25. The molecule has 1 atom stereocenters. The van der Waals surface area contributed by atoms with Crippen LogP contribution in [0.1, 0.15) is 50.4 Å². The van der Waals surface area contributed by atoms with Crippen molar-refractivity contribution in [3.63, 3.8) is 0 Å². The van der Waals surface area contributed by atoms with Crippen LogP contribution in [0.4, 0.5) is 0 Å². The van der Waals surface area contributed by atoms with E-state index in [1.807, 2.05) is 42.5 Å². The Balaban J connectivity index is 1.81. The minimum Gasteiger partial charge on any atom is -0.382 e. The van der Waals surface area contributed by atoms with Gasteiger partial charge in [0, 0.05) is 32.1 Å². The predicted octanol–water partition coefficient (Wildman–Crippen LogP) is 4.94. The molecule has 0 amide bonds. The molecule has 3 heterocycles. The average molecular weight is 547 g/mol. The van der Waals surface area contributed by atoms with E-state index in [1.54, 1.807) is 35.9 Å². The second-order valence-electron chi connectivity index (χ2n) is 10.3. The molecule has 1 fully saturated rings. The third-order valence-electron chi connectivity index (χ3n) is 5.95. The van der Waals surface area contributed by atoms with Crippen molar-refractivity contribution in [1.82, 2.24) is 18.2 Å². The number of thioether (sulfide) groups is 2. The summed E-state index contributed by atoms with van der Waals surface area (Å²) in [6.07, 6.45) is 3.80. The van der Waals surface area contributed by atoms with Crippen LogP contribution in [0.25, 0.3) is 11.3 Å². The SMILES string of the molecule is CN(C)S(=O)(=O)n1cc(CC(C)(C)C)nc1C(O)C1(c2ccc(-c3ccccn3)cc2)SCCCS1. The summed E-state index contributed by atoms with van der Waals surface area (Å²) in [5, 5.41) is 12.0. The van der Waals surface area contributed by atoms with Crippen LogP contribution in [0.2, 0.25) is 0 Å². The van der Waals surface area contributed by atoms with E-state index >= 15 is 0 Å². The summed E-state index contributed by atoms with van der Waals surface area (Å²) in [5.74, 6) is 1.88. The van der Waals surface area contributed by atoms with Gasteiger partial charge in [0.15, 0.2) is 5.82 Å². The van der Waals surface area contributed by atoms with E-state index in [-0.39, 0.29) is 11.2 Å². The molecule has 0 bridgehead atoms. The summed E-state index contributed by atoms with van der Waals surface area (Å²) in [4.78, 5) is 9.16. The van der Waals surface area contributed by atoms with Crippen molar-refractivity contribution in [3.05, 3.63) is 71.9 Å². The highest BCUT2D eigenvalue weighted by Gasteiger charge is 2.46. The first-order valence-electron chi connectivity index (χ1n) is 11.9. The molecule has 4 rings (SSSR count). The first-order chi connectivity index (χ1) is 16.9. The molecule has 194 valence electrons. The van der Waals surface area contributed by atoms with Crippen LogP contribution in [0.3, 0.4) is 0 Å². The number of hydrogen-bond donors (Lipinski definition) is 1. The van der Waals surface area contributed by atoms with Crippen LogP contribution >= 0.6 is 23.5 Å². The van der Waals surface area contributed by atoms with Crippen LogP contribution in [0.5, 0.6) is 0 Å². The Morgan fingerprint density at radius 2 is 1.78 bits per heavy atom. The monoisotopic (exact) mass is 546 g/mol. The van der Waals surface area contributed by atoms with Gasteiger partial charge in [-0.3, -0.25) is 4.98 Å². The number of benzene rings is 1. The standard InChI is InChI=1S/C26H34N4O3S3/c1-25(2,3)17-21-18-30(36(32,33)29(4)5)24(28-21)23(31)26(34-15-8-16-35-26)20-12-10-19(11-13-20)22-9-6-7-14-27-22/h6-7,9-14,18,23,31H,8,15-17H2,1-5H3.